The largest absolute Gasteiger partial charge is 0.493 e. The molecule has 0 spiro atoms. The number of hydrogen-bond acceptors (Lipinski definition) is 5. The molecule has 0 aliphatic carbocycles. The summed E-state index contributed by atoms with van der Waals surface area (Å²) in [6, 6.07) is 5.75. The van der Waals surface area contributed by atoms with Gasteiger partial charge in [0, 0.05) is 31.8 Å². The summed E-state index contributed by atoms with van der Waals surface area (Å²) in [6.45, 7) is 10.1. The molecule has 2 atom stereocenters. The molecule has 0 bridgehead atoms. The minimum absolute atomic E-state index is 0.0112. The van der Waals surface area contributed by atoms with E-state index in [2.05, 4.69) is 0 Å². The van der Waals surface area contributed by atoms with Crippen molar-refractivity contribution < 1.29 is 23.8 Å². The minimum Gasteiger partial charge on any atom is -0.493 e. The minimum atomic E-state index is -0.500. The van der Waals surface area contributed by atoms with Crippen LogP contribution in [0.3, 0.4) is 0 Å². The van der Waals surface area contributed by atoms with Crippen LogP contribution in [0.1, 0.15) is 46.1 Å². The van der Waals surface area contributed by atoms with Crippen molar-refractivity contribution in [3.63, 3.8) is 0 Å². The van der Waals surface area contributed by atoms with Gasteiger partial charge in [-0.2, -0.15) is 0 Å². The van der Waals surface area contributed by atoms with Crippen molar-refractivity contribution in [2.24, 2.45) is 5.92 Å². The third kappa shape index (κ3) is 5.71. The summed E-state index contributed by atoms with van der Waals surface area (Å²) in [5.41, 5.74) is 0.379. The topological polar surface area (TPSA) is 68.3 Å². The Labute approximate surface area is 184 Å². The van der Waals surface area contributed by atoms with Crippen LogP contribution in [-0.4, -0.2) is 66.8 Å². The van der Waals surface area contributed by atoms with Crippen molar-refractivity contribution in [3.05, 3.63) is 29.8 Å². The Kier molecular flexibility index (Phi) is 7.13. The number of hydrogen-bond donors (Lipinski definition) is 0. The van der Waals surface area contributed by atoms with Crippen LogP contribution in [-0.2, 0) is 9.53 Å². The quantitative estimate of drug-likeness (QED) is 0.662. The van der Waals surface area contributed by atoms with E-state index < -0.39 is 5.60 Å². The zero-order valence-electron chi connectivity index (χ0n) is 19.2. The Bertz CT molecular complexity index is 830. The number of nitrogens with zero attached hydrogens (tertiary/aromatic N) is 2. The van der Waals surface area contributed by atoms with E-state index in [-0.39, 0.29) is 18.0 Å². The molecule has 2 saturated heterocycles. The lowest BCUT2D eigenvalue weighted by Crippen LogP contribution is -2.49. The van der Waals surface area contributed by atoms with Gasteiger partial charge in [0.25, 0.3) is 0 Å². The van der Waals surface area contributed by atoms with E-state index in [9.17, 15) is 9.59 Å². The molecule has 2 aliphatic heterocycles. The molecule has 1 aromatic carbocycles. The standard InChI is InChI=1S/C24H34N2O5/c1-6-30-21-15-17(7-9-20(21)29-5)8-10-22(27)25-13-12-19-18(16-25)11-14-26(19)23(28)31-24(2,3)4/h7-10,15,18-19H,6,11-14,16H2,1-5H3/b10-8+. The first kappa shape index (κ1) is 23.0. The normalized spacial score (nSPS) is 21.2. The maximum absolute atomic E-state index is 12.8. The molecule has 2 unspecified atom stereocenters. The van der Waals surface area contributed by atoms with Crippen LogP contribution >= 0.6 is 0 Å². The number of ether oxygens (including phenoxy) is 3. The van der Waals surface area contributed by atoms with Crippen molar-refractivity contribution in [2.75, 3.05) is 33.4 Å². The van der Waals surface area contributed by atoms with Gasteiger partial charge < -0.3 is 24.0 Å². The first-order valence-corrected chi connectivity index (χ1v) is 11.0. The summed E-state index contributed by atoms with van der Waals surface area (Å²) in [4.78, 5) is 29.0. The molecule has 0 radical (unpaired) electrons. The Hall–Kier alpha value is -2.70. The molecule has 170 valence electrons. The first-order valence-electron chi connectivity index (χ1n) is 11.0. The molecular weight excluding hydrogens is 396 g/mol. The number of amides is 2. The molecule has 0 N–H and O–H groups in total. The second kappa shape index (κ2) is 9.62. The highest BCUT2D eigenvalue weighted by molar-refractivity contribution is 5.92. The maximum atomic E-state index is 12.8. The van der Waals surface area contributed by atoms with Crippen LogP contribution in [0.25, 0.3) is 6.08 Å². The Morgan fingerprint density at radius 3 is 2.61 bits per heavy atom. The Morgan fingerprint density at radius 2 is 1.94 bits per heavy atom. The third-order valence-electron chi connectivity index (χ3n) is 5.68. The molecule has 7 heteroatoms. The lowest BCUT2D eigenvalue weighted by atomic mass is 9.93. The lowest BCUT2D eigenvalue weighted by molar-refractivity contribution is -0.128. The molecule has 2 aliphatic rings. The van der Waals surface area contributed by atoms with Crippen LogP contribution in [0.15, 0.2) is 24.3 Å². The van der Waals surface area contributed by atoms with E-state index in [1.807, 2.05) is 55.7 Å². The lowest BCUT2D eigenvalue weighted by Gasteiger charge is -2.37. The molecule has 0 saturated carbocycles. The molecule has 2 fully saturated rings. The second-order valence-electron chi connectivity index (χ2n) is 9.04. The summed E-state index contributed by atoms with van der Waals surface area (Å²) in [5, 5.41) is 0. The van der Waals surface area contributed by atoms with E-state index in [1.54, 1.807) is 19.3 Å². The van der Waals surface area contributed by atoms with Gasteiger partial charge in [0.05, 0.1) is 13.7 Å². The smallest absolute Gasteiger partial charge is 0.410 e. The number of methoxy groups -OCH3 is 1. The number of carbonyl (C=O) groups excluding carboxylic acids is 2. The summed E-state index contributed by atoms with van der Waals surface area (Å²) < 4.78 is 16.5. The number of carbonyl (C=O) groups is 2. The van der Waals surface area contributed by atoms with Gasteiger partial charge in [0.2, 0.25) is 5.91 Å². The van der Waals surface area contributed by atoms with Gasteiger partial charge in [-0.3, -0.25) is 4.79 Å². The maximum Gasteiger partial charge on any atom is 0.410 e. The average Bonchev–Trinajstić information content (AvgIpc) is 3.14. The highest BCUT2D eigenvalue weighted by Gasteiger charge is 2.42. The van der Waals surface area contributed by atoms with Gasteiger partial charge in [0.15, 0.2) is 11.5 Å². The van der Waals surface area contributed by atoms with E-state index in [4.69, 9.17) is 14.2 Å². The van der Waals surface area contributed by atoms with Crippen molar-refractivity contribution in [3.8, 4) is 11.5 Å². The zero-order chi connectivity index (χ0) is 22.6. The van der Waals surface area contributed by atoms with Crippen molar-refractivity contribution in [1.82, 2.24) is 9.80 Å². The molecule has 31 heavy (non-hydrogen) atoms. The van der Waals surface area contributed by atoms with Gasteiger partial charge >= 0.3 is 6.09 Å². The highest BCUT2D eigenvalue weighted by atomic mass is 16.6. The number of likely N-dealkylation sites (tertiary alicyclic amines) is 2. The molecule has 3 rings (SSSR count). The van der Waals surface area contributed by atoms with Gasteiger partial charge in [-0.15, -0.1) is 0 Å². The van der Waals surface area contributed by atoms with Crippen LogP contribution < -0.4 is 9.47 Å². The van der Waals surface area contributed by atoms with Gasteiger partial charge in [-0.25, -0.2) is 4.79 Å². The number of piperidine rings is 1. The molecule has 0 aromatic heterocycles. The summed E-state index contributed by atoms with van der Waals surface area (Å²) >= 11 is 0. The monoisotopic (exact) mass is 430 g/mol. The number of rotatable bonds is 5. The van der Waals surface area contributed by atoms with Gasteiger partial charge in [-0.1, -0.05) is 6.07 Å². The van der Waals surface area contributed by atoms with E-state index in [0.717, 1.165) is 18.4 Å². The summed E-state index contributed by atoms with van der Waals surface area (Å²) in [6.07, 6.45) is 4.84. The Morgan fingerprint density at radius 1 is 1.16 bits per heavy atom. The number of benzene rings is 1. The van der Waals surface area contributed by atoms with Crippen molar-refractivity contribution >= 4 is 18.1 Å². The van der Waals surface area contributed by atoms with Crippen LogP contribution in [0.5, 0.6) is 11.5 Å². The predicted octanol–water partition coefficient (Wildman–Crippen LogP) is 3.97. The second-order valence-corrected chi connectivity index (χ2v) is 9.04. The first-order chi connectivity index (χ1) is 14.7. The fourth-order valence-corrected chi connectivity index (χ4v) is 4.27. The van der Waals surface area contributed by atoms with Crippen LogP contribution in [0.4, 0.5) is 4.79 Å². The summed E-state index contributed by atoms with van der Waals surface area (Å²) in [5.74, 6) is 1.61. The average molecular weight is 431 g/mol. The SMILES string of the molecule is CCOc1cc(/C=C/C(=O)N2CCC3C(CCN3C(=O)OC(C)(C)C)C2)ccc1OC. The molecule has 2 heterocycles. The molecular formula is C24H34N2O5. The van der Waals surface area contributed by atoms with Gasteiger partial charge in [0.1, 0.15) is 5.60 Å². The van der Waals surface area contributed by atoms with Crippen molar-refractivity contribution in [2.45, 2.75) is 52.2 Å². The van der Waals surface area contributed by atoms with E-state index in [1.165, 1.54) is 0 Å². The molecule has 7 nitrogen and oxygen atoms in total. The number of fused-ring (bicyclic) bond motifs is 1. The molecule has 1 aromatic rings. The third-order valence-corrected chi connectivity index (χ3v) is 5.68. The highest BCUT2D eigenvalue weighted by Crippen LogP contribution is 2.33. The zero-order valence-corrected chi connectivity index (χ0v) is 19.2. The van der Waals surface area contributed by atoms with Crippen LogP contribution in [0.2, 0.25) is 0 Å². The van der Waals surface area contributed by atoms with Crippen molar-refractivity contribution in [1.29, 1.82) is 0 Å². The molecule has 2 amide bonds. The fourth-order valence-electron chi connectivity index (χ4n) is 4.27. The predicted molar refractivity (Wildman–Crippen MR) is 119 cm³/mol. The van der Waals surface area contributed by atoms with Crippen LogP contribution in [0, 0.1) is 5.92 Å². The summed E-state index contributed by atoms with van der Waals surface area (Å²) in [7, 11) is 1.60. The van der Waals surface area contributed by atoms with E-state index >= 15 is 0 Å². The van der Waals surface area contributed by atoms with Gasteiger partial charge in [-0.05, 0) is 70.2 Å². The Balaban J connectivity index is 1.59. The fraction of sp³-hybridized carbons (Fsp3) is 0.583. The van der Waals surface area contributed by atoms with E-state index in [0.29, 0.717) is 43.7 Å².